The van der Waals surface area contributed by atoms with Gasteiger partial charge in [0, 0.05) is 0 Å². The minimum Gasteiger partial charge on any atom is -0.478 e. The second-order valence-corrected chi connectivity index (χ2v) is 5.29. The molecule has 0 saturated heterocycles. The van der Waals surface area contributed by atoms with E-state index in [1.807, 2.05) is 0 Å². The van der Waals surface area contributed by atoms with Crippen molar-refractivity contribution in [1.82, 2.24) is 0 Å². The van der Waals surface area contributed by atoms with Gasteiger partial charge >= 0.3 is 11.9 Å². The zero-order valence-electron chi connectivity index (χ0n) is 13.0. The summed E-state index contributed by atoms with van der Waals surface area (Å²) < 4.78 is 4.79. The van der Waals surface area contributed by atoms with Crippen LogP contribution in [-0.2, 0) is 11.2 Å². The van der Waals surface area contributed by atoms with E-state index in [1.165, 1.54) is 13.2 Å². The molecule has 0 heterocycles. The molecule has 1 aromatic rings. The van der Waals surface area contributed by atoms with E-state index >= 15 is 0 Å². The fraction of sp³-hybridized carbons (Fsp3) is 0.529. The maximum Gasteiger partial charge on any atom is 0.338 e. The van der Waals surface area contributed by atoms with Gasteiger partial charge < -0.3 is 9.84 Å². The van der Waals surface area contributed by atoms with Gasteiger partial charge in [-0.25, -0.2) is 9.59 Å². The van der Waals surface area contributed by atoms with Gasteiger partial charge in [-0.2, -0.15) is 0 Å². The van der Waals surface area contributed by atoms with Gasteiger partial charge in [-0.15, -0.1) is 0 Å². The predicted molar refractivity (Wildman–Crippen MR) is 81.8 cm³/mol. The number of hydrogen-bond acceptors (Lipinski definition) is 3. The first-order valence-corrected chi connectivity index (χ1v) is 7.47. The largest absolute Gasteiger partial charge is 0.478 e. The van der Waals surface area contributed by atoms with Gasteiger partial charge in [-0.05, 0) is 36.1 Å². The van der Waals surface area contributed by atoms with Crippen LogP contribution in [-0.4, -0.2) is 24.2 Å². The fourth-order valence-electron chi connectivity index (χ4n) is 2.46. The number of hydrogen-bond donors (Lipinski definition) is 1. The molecule has 0 radical (unpaired) electrons. The average molecular weight is 292 g/mol. The monoisotopic (exact) mass is 292 g/mol. The van der Waals surface area contributed by atoms with Crippen molar-refractivity contribution < 1.29 is 19.4 Å². The summed E-state index contributed by atoms with van der Waals surface area (Å²) in [5.41, 5.74) is 1.45. The Balaban J connectivity index is 3.06. The summed E-state index contributed by atoms with van der Waals surface area (Å²) >= 11 is 0. The van der Waals surface area contributed by atoms with Gasteiger partial charge in [-0.3, -0.25) is 0 Å². The van der Waals surface area contributed by atoms with Crippen LogP contribution in [0.2, 0.25) is 0 Å². The van der Waals surface area contributed by atoms with Gasteiger partial charge in [0.05, 0.1) is 18.2 Å². The molecule has 4 heteroatoms. The predicted octanol–water partition coefficient (Wildman–Crippen LogP) is 3.93. The number of carbonyl (C=O) groups excluding carboxylic acids is 1. The lowest BCUT2D eigenvalue weighted by Crippen LogP contribution is -2.12. The van der Waals surface area contributed by atoms with Crippen molar-refractivity contribution in [2.24, 2.45) is 5.92 Å². The maximum atomic E-state index is 11.8. The number of esters is 1. The molecule has 0 aliphatic rings. The van der Waals surface area contributed by atoms with Crippen molar-refractivity contribution in [3.8, 4) is 0 Å². The SMILES string of the molecule is CCCCC(CC)Cc1cc(C(=O)O)ccc1C(=O)OC. The van der Waals surface area contributed by atoms with Crippen LogP contribution in [0.1, 0.15) is 65.8 Å². The molecule has 0 bridgehead atoms. The lowest BCUT2D eigenvalue weighted by molar-refractivity contribution is 0.0597. The van der Waals surface area contributed by atoms with Gasteiger partial charge in [0.2, 0.25) is 0 Å². The van der Waals surface area contributed by atoms with E-state index < -0.39 is 11.9 Å². The van der Waals surface area contributed by atoms with E-state index in [1.54, 1.807) is 12.1 Å². The summed E-state index contributed by atoms with van der Waals surface area (Å²) in [4.78, 5) is 22.9. The molecule has 0 fully saturated rings. The number of ether oxygens (including phenoxy) is 1. The minimum atomic E-state index is -0.978. The molecule has 1 unspecified atom stereocenters. The molecule has 0 amide bonds. The van der Waals surface area contributed by atoms with Crippen LogP contribution in [0.25, 0.3) is 0 Å². The Morgan fingerprint density at radius 1 is 1.29 bits per heavy atom. The highest BCUT2D eigenvalue weighted by molar-refractivity contribution is 5.94. The molecule has 1 atom stereocenters. The zero-order valence-corrected chi connectivity index (χ0v) is 13.0. The first kappa shape index (κ1) is 17.2. The number of carbonyl (C=O) groups is 2. The number of methoxy groups -OCH3 is 1. The zero-order chi connectivity index (χ0) is 15.8. The number of benzene rings is 1. The Labute approximate surface area is 126 Å². The topological polar surface area (TPSA) is 63.6 Å². The van der Waals surface area contributed by atoms with Crippen LogP contribution in [0.5, 0.6) is 0 Å². The Hall–Kier alpha value is -1.84. The van der Waals surface area contributed by atoms with E-state index in [2.05, 4.69) is 13.8 Å². The van der Waals surface area contributed by atoms with E-state index in [0.717, 1.165) is 31.2 Å². The summed E-state index contributed by atoms with van der Waals surface area (Å²) in [6.45, 7) is 4.27. The Morgan fingerprint density at radius 2 is 2.00 bits per heavy atom. The van der Waals surface area contributed by atoms with Crippen LogP contribution in [0.3, 0.4) is 0 Å². The van der Waals surface area contributed by atoms with Gasteiger partial charge in [0.15, 0.2) is 0 Å². The van der Waals surface area contributed by atoms with Crippen molar-refractivity contribution in [3.05, 3.63) is 34.9 Å². The number of unbranched alkanes of at least 4 members (excludes halogenated alkanes) is 1. The first-order valence-electron chi connectivity index (χ1n) is 7.47. The standard InChI is InChI=1S/C17H24O4/c1-4-6-7-12(5-2)10-14-11-13(16(18)19)8-9-15(14)17(20)21-3/h8-9,11-12H,4-7,10H2,1-3H3,(H,18,19). The van der Waals surface area contributed by atoms with Crippen LogP contribution in [0.15, 0.2) is 18.2 Å². The molecule has 0 aliphatic carbocycles. The lowest BCUT2D eigenvalue weighted by atomic mass is 9.89. The van der Waals surface area contributed by atoms with Gasteiger partial charge in [0.1, 0.15) is 0 Å². The second-order valence-electron chi connectivity index (χ2n) is 5.29. The number of rotatable bonds is 8. The number of aromatic carboxylic acids is 1. The third-order valence-corrected chi connectivity index (χ3v) is 3.81. The minimum absolute atomic E-state index is 0.211. The third kappa shape index (κ3) is 4.88. The summed E-state index contributed by atoms with van der Waals surface area (Å²) in [6, 6.07) is 4.60. The maximum absolute atomic E-state index is 11.8. The van der Waals surface area contributed by atoms with Crippen LogP contribution in [0, 0.1) is 5.92 Å². The van der Waals surface area contributed by atoms with Crippen molar-refractivity contribution in [1.29, 1.82) is 0 Å². The Bertz CT molecular complexity index is 494. The summed E-state index contributed by atoms with van der Waals surface area (Å²) in [5, 5.41) is 9.11. The third-order valence-electron chi connectivity index (χ3n) is 3.81. The van der Waals surface area contributed by atoms with Crippen LogP contribution in [0.4, 0.5) is 0 Å². The summed E-state index contributed by atoms with van der Waals surface area (Å²) in [6.07, 6.45) is 5.09. The molecule has 1 N–H and O–H groups in total. The molecule has 4 nitrogen and oxygen atoms in total. The molecular formula is C17H24O4. The summed E-state index contributed by atoms with van der Waals surface area (Å²) in [7, 11) is 1.34. The van der Waals surface area contributed by atoms with Gasteiger partial charge in [0.25, 0.3) is 0 Å². The molecule has 0 aromatic heterocycles. The normalized spacial score (nSPS) is 12.0. The van der Waals surface area contributed by atoms with Crippen molar-refractivity contribution in [3.63, 3.8) is 0 Å². The molecule has 0 spiro atoms. The van der Waals surface area contributed by atoms with E-state index in [4.69, 9.17) is 9.84 Å². The Morgan fingerprint density at radius 3 is 2.52 bits per heavy atom. The van der Waals surface area contributed by atoms with Crippen molar-refractivity contribution >= 4 is 11.9 Å². The van der Waals surface area contributed by atoms with Crippen LogP contribution < -0.4 is 0 Å². The first-order chi connectivity index (χ1) is 10.0. The van der Waals surface area contributed by atoms with Crippen LogP contribution >= 0.6 is 0 Å². The molecule has 0 saturated carbocycles. The molecule has 21 heavy (non-hydrogen) atoms. The number of carboxylic acid groups (broad SMARTS) is 1. The van der Waals surface area contributed by atoms with Gasteiger partial charge in [-0.1, -0.05) is 39.5 Å². The van der Waals surface area contributed by atoms with Crippen molar-refractivity contribution in [2.75, 3.05) is 7.11 Å². The molecule has 1 rings (SSSR count). The Kier molecular flexibility index (Phi) is 6.92. The highest BCUT2D eigenvalue weighted by atomic mass is 16.5. The van der Waals surface area contributed by atoms with E-state index in [9.17, 15) is 9.59 Å². The smallest absolute Gasteiger partial charge is 0.338 e. The fourth-order valence-corrected chi connectivity index (χ4v) is 2.46. The molecular weight excluding hydrogens is 268 g/mol. The highest BCUT2D eigenvalue weighted by Gasteiger charge is 2.17. The molecule has 1 aromatic carbocycles. The number of carboxylic acids is 1. The second kappa shape index (κ2) is 8.45. The lowest BCUT2D eigenvalue weighted by Gasteiger charge is -2.17. The molecule has 116 valence electrons. The summed E-state index contributed by atoms with van der Waals surface area (Å²) in [5.74, 6) is -0.932. The highest BCUT2D eigenvalue weighted by Crippen LogP contribution is 2.23. The molecule has 0 aliphatic heterocycles. The van der Waals surface area contributed by atoms with Crippen molar-refractivity contribution in [2.45, 2.75) is 46.0 Å². The van der Waals surface area contributed by atoms with E-state index in [0.29, 0.717) is 17.9 Å². The van der Waals surface area contributed by atoms with E-state index in [-0.39, 0.29) is 5.56 Å². The average Bonchev–Trinajstić information content (AvgIpc) is 2.50. The quantitative estimate of drug-likeness (QED) is 0.737.